The summed E-state index contributed by atoms with van der Waals surface area (Å²) in [6.45, 7) is 0. The molecule has 1 amide bonds. The quantitative estimate of drug-likeness (QED) is 0.380. The summed E-state index contributed by atoms with van der Waals surface area (Å²) >= 11 is 2.43. The maximum Gasteiger partial charge on any atom is 0.320 e. The zero-order valence-corrected chi connectivity index (χ0v) is 16.1. The monoisotopic (exact) mass is 416 g/mol. The molecule has 9 heteroatoms. The Kier molecular flexibility index (Phi) is 5.96. The van der Waals surface area contributed by atoms with Crippen molar-refractivity contribution in [2.45, 2.75) is 10.8 Å². The van der Waals surface area contributed by atoms with Gasteiger partial charge in [-0.15, -0.1) is 11.3 Å². The number of para-hydroxylation sites is 2. The molecule has 1 unspecified atom stereocenters. The maximum absolute atomic E-state index is 12.8. The van der Waals surface area contributed by atoms with Gasteiger partial charge in [0, 0.05) is 11.4 Å². The number of hydrogen-bond acceptors (Lipinski definition) is 6. The topological polar surface area (TPSA) is 117 Å². The minimum absolute atomic E-state index is 0.257. The van der Waals surface area contributed by atoms with E-state index in [4.69, 9.17) is 0 Å². The van der Waals surface area contributed by atoms with Gasteiger partial charge in [0.1, 0.15) is 0 Å². The molecule has 1 atom stereocenters. The number of rotatable bonds is 8. The van der Waals surface area contributed by atoms with E-state index in [2.05, 4.69) is 10.3 Å². The van der Waals surface area contributed by atoms with Crippen LogP contribution in [0.3, 0.4) is 0 Å². The third-order valence-electron chi connectivity index (χ3n) is 4.04. The normalized spacial score (nSPS) is 13.0. The predicted molar refractivity (Wildman–Crippen MR) is 108 cm³/mol. The van der Waals surface area contributed by atoms with E-state index < -0.39 is 29.7 Å². The summed E-state index contributed by atoms with van der Waals surface area (Å²) in [5, 5.41) is 21.6. The fourth-order valence-corrected chi connectivity index (χ4v) is 4.83. The van der Waals surface area contributed by atoms with Gasteiger partial charge in [0.15, 0.2) is 9.75 Å². The van der Waals surface area contributed by atoms with Crippen LogP contribution in [0.2, 0.25) is 0 Å². The van der Waals surface area contributed by atoms with Gasteiger partial charge in [-0.3, -0.25) is 14.4 Å². The second-order valence-electron chi connectivity index (χ2n) is 6.01. The summed E-state index contributed by atoms with van der Waals surface area (Å²) in [5.74, 6) is -3.98. The molecule has 0 aliphatic rings. The van der Waals surface area contributed by atoms with Crippen molar-refractivity contribution < 1.29 is 24.6 Å². The van der Waals surface area contributed by atoms with Gasteiger partial charge in [0.05, 0.1) is 16.6 Å². The first kappa shape index (κ1) is 19.8. The van der Waals surface area contributed by atoms with Crippen LogP contribution in [0.25, 0.3) is 10.2 Å². The molecule has 0 radical (unpaired) electrons. The van der Waals surface area contributed by atoms with E-state index >= 15 is 0 Å². The van der Waals surface area contributed by atoms with Gasteiger partial charge >= 0.3 is 11.9 Å². The second kappa shape index (κ2) is 8.41. The second-order valence-corrected chi connectivity index (χ2v) is 8.27. The molecule has 7 nitrogen and oxygen atoms in total. The SMILES string of the molecule is O=C(O)CC(CSc1nc2ccccc2s1)(C(=O)O)C(=O)Nc1ccccc1. The van der Waals surface area contributed by atoms with Crippen molar-refractivity contribution in [2.75, 3.05) is 11.1 Å². The highest BCUT2D eigenvalue weighted by molar-refractivity contribution is 8.01. The molecule has 0 saturated heterocycles. The summed E-state index contributed by atoms with van der Waals surface area (Å²) < 4.78 is 1.50. The van der Waals surface area contributed by atoms with Crippen molar-refractivity contribution in [3.63, 3.8) is 0 Å². The lowest BCUT2D eigenvalue weighted by molar-refractivity contribution is -0.158. The maximum atomic E-state index is 12.8. The Bertz CT molecular complexity index is 988. The Hall–Kier alpha value is -2.91. The van der Waals surface area contributed by atoms with Crippen LogP contribution in [0.5, 0.6) is 0 Å². The molecule has 0 saturated carbocycles. The average Bonchev–Trinajstić information content (AvgIpc) is 3.08. The van der Waals surface area contributed by atoms with E-state index in [1.54, 1.807) is 30.3 Å². The molecule has 3 N–H and O–H groups in total. The number of amides is 1. The number of carbonyl (C=O) groups excluding carboxylic acids is 1. The molecule has 1 heterocycles. The number of aromatic nitrogens is 1. The van der Waals surface area contributed by atoms with Crippen LogP contribution in [0.1, 0.15) is 6.42 Å². The largest absolute Gasteiger partial charge is 0.481 e. The van der Waals surface area contributed by atoms with E-state index in [-0.39, 0.29) is 5.75 Å². The number of nitrogens with zero attached hydrogens (tertiary/aromatic N) is 1. The predicted octanol–water partition coefficient (Wildman–Crippen LogP) is 3.57. The summed E-state index contributed by atoms with van der Waals surface area (Å²) in [6, 6.07) is 15.8. The number of benzene rings is 2. The van der Waals surface area contributed by atoms with Crippen LogP contribution in [-0.4, -0.2) is 38.8 Å². The molecule has 0 aliphatic carbocycles. The minimum atomic E-state index is -2.13. The third kappa shape index (κ3) is 4.32. The van der Waals surface area contributed by atoms with Crippen molar-refractivity contribution in [3.05, 3.63) is 54.6 Å². The Morgan fingerprint density at radius 2 is 1.71 bits per heavy atom. The lowest BCUT2D eigenvalue weighted by atomic mass is 9.85. The summed E-state index contributed by atoms with van der Waals surface area (Å²) in [4.78, 5) is 40.6. The minimum Gasteiger partial charge on any atom is -0.481 e. The highest BCUT2D eigenvalue weighted by atomic mass is 32.2. The van der Waals surface area contributed by atoms with Gasteiger partial charge < -0.3 is 15.5 Å². The molecule has 0 aliphatic heterocycles. The molecular formula is C19H16N2O5S2. The number of anilines is 1. The van der Waals surface area contributed by atoms with Crippen LogP contribution in [-0.2, 0) is 14.4 Å². The van der Waals surface area contributed by atoms with Gasteiger partial charge in [0.25, 0.3) is 0 Å². The number of nitrogens with one attached hydrogen (secondary N) is 1. The molecule has 0 fully saturated rings. The molecule has 28 heavy (non-hydrogen) atoms. The first-order valence-corrected chi connectivity index (χ1v) is 10.0. The molecule has 3 rings (SSSR count). The zero-order chi connectivity index (χ0) is 20.1. The Labute approximate surface area is 168 Å². The van der Waals surface area contributed by atoms with Gasteiger partial charge in [-0.2, -0.15) is 0 Å². The van der Waals surface area contributed by atoms with E-state index in [1.807, 2.05) is 24.3 Å². The van der Waals surface area contributed by atoms with Crippen molar-refractivity contribution in [1.29, 1.82) is 0 Å². The van der Waals surface area contributed by atoms with Gasteiger partial charge in [-0.25, -0.2) is 4.98 Å². The van der Waals surface area contributed by atoms with Gasteiger partial charge in [-0.1, -0.05) is 42.1 Å². The average molecular weight is 416 g/mol. The smallest absolute Gasteiger partial charge is 0.320 e. The number of thioether (sulfide) groups is 1. The lowest BCUT2D eigenvalue weighted by Crippen LogP contribution is -2.46. The van der Waals surface area contributed by atoms with Crippen LogP contribution in [0.4, 0.5) is 5.69 Å². The molecular weight excluding hydrogens is 400 g/mol. The Morgan fingerprint density at radius 3 is 2.36 bits per heavy atom. The zero-order valence-electron chi connectivity index (χ0n) is 14.5. The lowest BCUT2D eigenvalue weighted by Gasteiger charge is -2.26. The number of aliphatic carboxylic acids is 2. The van der Waals surface area contributed by atoms with E-state index in [0.29, 0.717) is 10.0 Å². The van der Waals surface area contributed by atoms with E-state index in [9.17, 15) is 24.6 Å². The number of hydrogen-bond donors (Lipinski definition) is 3. The van der Waals surface area contributed by atoms with E-state index in [1.165, 1.54) is 11.3 Å². The standard InChI is InChI=1S/C19H16N2O5S2/c22-15(23)10-19(17(25)26,16(24)20-12-6-2-1-3-7-12)11-27-18-21-13-8-4-5-9-14(13)28-18/h1-9H,10-11H2,(H,20,24)(H,22,23)(H,25,26). The highest BCUT2D eigenvalue weighted by Gasteiger charge is 2.48. The fourth-order valence-electron chi connectivity index (χ4n) is 2.56. The number of thiazole rings is 1. The third-order valence-corrected chi connectivity index (χ3v) is 6.45. The fraction of sp³-hybridized carbons (Fsp3) is 0.158. The summed E-state index contributed by atoms with van der Waals surface area (Å²) in [7, 11) is 0. The molecule has 144 valence electrons. The number of fused-ring (bicyclic) bond motifs is 1. The number of carbonyl (C=O) groups is 3. The number of carboxylic acids is 2. The van der Waals surface area contributed by atoms with Gasteiger partial charge in [0.2, 0.25) is 5.91 Å². The van der Waals surface area contributed by atoms with Crippen molar-refractivity contribution in [1.82, 2.24) is 4.98 Å². The Balaban J connectivity index is 1.87. The molecule has 3 aromatic rings. The first-order valence-electron chi connectivity index (χ1n) is 8.21. The molecule has 0 bridgehead atoms. The van der Waals surface area contributed by atoms with E-state index in [0.717, 1.165) is 22.0 Å². The van der Waals surface area contributed by atoms with Crippen LogP contribution in [0, 0.1) is 5.41 Å². The highest BCUT2D eigenvalue weighted by Crippen LogP contribution is 2.36. The van der Waals surface area contributed by atoms with Crippen LogP contribution < -0.4 is 5.32 Å². The van der Waals surface area contributed by atoms with Crippen molar-refractivity contribution >= 4 is 56.8 Å². The molecule has 1 aromatic heterocycles. The first-order chi connectivity index (χ1) is 13.4. The van der Waals surface area contributed by atoms with Crippen LogP contribution in [0.15, 0.2) is 58.9 Å². The molecule has 2 aromatic carbocycles. The van der Waals surface area contributed by atoms with Crippen LogP contribution >= 0.6 is 23.1 Å². The number of carboxylic acid groups (broad SMARTS) is 2. The Morgan fingerprint density at radius 1 is 1.04 bits per heavy atom. The van der Waals surface area contributed by atoms with Gasteiger partial charge in [-0.05, 0) is 24.3 Å². The molecule has 0 spiro atoms. The van der Waals surface area contributed by atoms with Crippen molar-refractivity contribution in [3.8, 4) is 0 Å². The van der Waals surface area contributed by atoms with Crippen molar-refractivity contribution in [2.24, 2.45) is 5.41 Å². The summed E-state index contributed by atoms with van der Waals surface area (Å²) in [5.41, 5.74) is -0.971. The summed E-state index contributed by atoms with van der Waals surface area (Å²) in [6.07, 6.45) is -0.834.